The molecule has 2 aromatic heterocycles. The fourth-order valence-corrected chi connectivity index (χ4v) is 2.48. The van der Waals surface area contributed by atoms with E-state index in [2.05, 4.69) is 10.1 Å². The average molecular weight is 325 g/mol. The number of benzene rings is 1. The molecule has 20 heavy (non-hydrogen) atoms. The number of nitrogens with zero attached hydrogens (tertiary/aromatic N) is 3. The first-order valence-electron chi connectivity index (χ1n) is 5.78. The first kappa shape index (κ1) is 13.4. The Morgan fingerprint density at radius 2 is 1.65 bits per heavy atom. The van der Waals surface area contributed by atoms with E-state index in [1.165, 1.54) is 0 Å². The van der Waals surface area contributed by atoms with E-state index in [0.717, 1.165) is 11.4 Å². The highest BCUT2D eigenvalue weighted by Gasteiger charge is 2.14. The van der Waals surface area contributed by atoms with Gasteiger partial charge in [0.1, 0.15) is 10.8 Å². The number of rotatable bonds is 2. The lowest BCUT2D eigenvalue weighted by atomic mass is 10.2. The van der Waals surface area contributed by atoms with E-state index in [4.69, 9.17) is 34.8 Å². The molecule has 0 aliphatic carbocycles. The summed E-state index contributed by atoms with van der Waals surface area (Å²) in [6.45, 7) is 0. The van der Waals surface area contributed by atoms with Crippen molar-refractivity contribution < 1.29 is 0 Å². The van der Waals surface area contributed by atoms with E-state index in [1.54, 1.807) is 16.9 Å². The standard InChI is InChI=1S/C14H8Cl3N3/c15-10-8-11(16)14(17)19-13(10)12-6-7-18-20(12)9-4-2-1-3-5-9/h1-8H. The van der Waals surface area contributed by atoms with Crippen LogP contribution in [0.1, 0.15) is 0 Å². The average Bonchev–Trinajstić information content (AvgIpc) is 2.93. The Morgan fingerprint density at radius 1 is 0.900 bits per heavy atom. The van der Waals surface area contributed by atoms with Crippen molar-refractivity contribution >= 4 is 34.8 Å². The van der Waals surface area contributed by atoms with E-state index in [1.807, 2.05) is 36.4 Å². The maximum atomic E-state index is 6.21. The minimum absolute atomic E-state index is 0.215. The largest absolute Gasteiger partial charge is 0.231 e. The van der Waals surface area contributed by atoms with Crippen molar-refractivity contribution in [2.24, 2.45) is 0 Å². The van der Waals surface area contributed by atoms with Crippen molar-refractivity contribution in [1.82, 2.24) is 14.8 Å². The third-order valence-electron chi connectivity index (χ3n) is 2.77. The summed E-state index contributed by atoms with van der Waals surface area (Å²) >= 11 is 18.1. The number of halogens is 3. The van der Waals surface area contributed by atoms with Crippen LogP contribution in [0.15, 0.2) is 48.7 Å². The molecule has 2 heterocycles. The van der Waals surface area contributed by atoms with Crippen LogP contribution in [-0.4, -0.2) is 14.8 Å². The summed E-state index contributed by atoms with van der Waals surface area (Å²) in [7, 11) is 0. The maximum Gasteiger partial charge on any atom is 0.148 e. The molecule has 0 aliphatic rings. The highest BCUT2D eigenvalue weighted by Crippen LogP contribution is 2.32. The maximum absolute atomic E-state index is 6.21. The first-order valence-corrected chi connectivity index (χ1v) is 6.91. The molecule has 0 N–H and O–H groups in total. The highest BCUT2D eigenvalue weighted by atomic mass is 35.5. The van der Waals surface area contributed by atoms with E-state index in [-0.39, 0.29) is 5.15 Å². The van der Waals surface area contributed by atoms with Crippen molar-refractivity contribution in [3.05, 3.63) is 63.9 Å². The van der Waals surface area contributed by atoms with Crippen LogP contribution in [0.5, 0.6) is 0 Å². The molecule has 0 saturated heterocycles. The molecule has 6 heteroatoms. The van der Waals surface area contributed by atoms with Crippen LogP contribution >= 0.6 is 34.8 Å². The molecule has 0 unspecified atom stereocenters. The van der Waals surface area contributed by atoms with Crippen molar-refractivity contribution in [2.45, 2.75) is 0 Å². The van der Waals surface area contributed by atoms with Gasteiger partial charge >= 0.3 is 0 Å². The first-order chi connectivity index (χ1) is 9.66. The van der Waals surface area contributed by atoms with Gasteiger partial charge in [0.25, 0.3) is 0 Å². The molecular formula is C14H8Cl3N3. The second-order valence-corrected chi connectivity index (χ2v) is 5.23. The lowest BCUT2D eigenvalue weighted by Crippen LogP contribution is -2.00. The molecule has 0 atom stereocenters. The Kier molecular flexibility index (Phi) is 3.66. The number of hydrogen-bond donors (Lipinski definition) is 0. The smallest absolute Gasteiger partial charge is 0.148 e. The van der Waals surface area contributed by atoms with Gasteiger partial charge in [-0.1, -0.05) is 53.0 Å². The summed E-state index contributed by atoms with van der Waals surface area (Å²) in [4.78, 5) is 4.24. The molecule has 0 saturated carbocycles. The molecule has 3 rings (SSSR count). The zero-order valence-electron chi connectivity index (χ0n) is 10.1. The Morgan fingerprint density at radius 3 is 2.40 bits per heavy atom. The summed E-state index contributed by atoms with van der Waals surface area (Å²) in [5.74, 6) is 0. The minimum Gasteiger partial charge on any atom is -0.231 e. The molecule has 0 amide bonds. The van der Waals surface area contributed by atoms with E-state index in [0.29, 0.717) is 15.7 Å². The van der Waals surface area contributed by atoms with Gasteiger partial charge in [0, 0.05) is 0 Å². The van der Waals surface area contributed by atoms with Gasteiger partial charge in [-0.25, -0.2) is 9.67 Å². The monoisotopic (exact) mass is 323 g/mol. The number of para-hydroxylation sites is 1. The topological polar surface area (TPSA) is 30.7 Å². The van der Waals surface area contributed by atoms with Crippen LogP contribution in [0.3, 0.4) is 0 Å². The molecular weight excluding hydrogens is 317 g/mol. The molecule has 1 aromatic carbocycles. The predicted octanol–water partition coefficient (Wildman–Crippen LogP) is 4.89. The van der Waals surface area contributed by atoms with Gasteiger partial charge in [0.2, 0.25) is 0 Å². The van der Waals surface area contributed by atoms with Crippen molar-refractivity contribution in [1.29, 1.82) is 0 Å². The van der Waals surface area contributed by atoms with Gasteiger partial charge < -0.3 is 0 Å². The van der Waals surface area contributed by atoms with Crippen LogP contribution in [0.4, 0.5) is 0 Å². The molecule has 3 nitrogen and oxygen atoms in total. The van der Waals surface area contributed by atoms with Gasteiger partial charge in [-0.15, -0.1) is 0 Å². The number of aromatic nitrogens is 3. The van der Waals surface area contributed by atoms with E-state index >= 15 is 0 Å². The molecule has 3 aromatic rings. The fourth-order valence-electron chi connectivity index (χ4n) is 1.88. The summed E-state index contributed by atoms with van der Waals surface area (Å²) < 4.78 is 1.75. The predicted molar refractivity (Wildman–Crippen MR) is 81.8 cm³/mol. The summed E-state index contributed by atoms with van der Waals surface area (Å²) in [5.41, 5.74) is 2.21. The van der Waals surface area contributed by atoms with Crippen LogP contribution in [-0.2, 0) is 0 Å². The second kappa shape index (κ2) is 5.44. The quantitative estimate of drug-likeness (QED) is 0.628. The number of hydrogen-bond acceptors (Lipinski definition) is 2. The molecule has 0 radical (unpaired) electrons. The molecule has 0 fully saturated rings. The van der Waals surface area contributed by atoms with Crippen LogP contribution < -0.4 is 0 Å². The Bertz CT molecular complexity index is 754. The number of pyridine rings is 1. The van der Waals surface area contributed by atoms with Gasteiger partial charge in [-0.3, -0.25) is 0 Å². The zero-order valence-corrected chi connectivity index (χ0v) is 12.4. The second-order valence-electron chi connectivity index (χ2n) is 4.06. The Balaban J connectivity index is 2.18. The molecule has 0 aliphatic heterocycles. The molecule has 0 spiro atoms. The van der Waals surface area contributed by atoms with Crippen molar-refractivity contribution in [3.63, 3.8) is 0 Å². The van der Waals surface area contributed by atoms with Gasteiger partial charge in [0.05, 0.1) is 27.6 Å². The lowest BCUT2D eigenvalue weighted by molar-refractivity contribution is 0.884. The van der Waals surface area contributed by atoms with E-state index < -0.39 is 0 Å². The Labute approximate surface area is 130 Å². The van der Waals surface area contributed by atoms with Crippen LogP contribution in [0.25, 0.3) is 17.1 Å². The lowest BCUT2D eigenvalue weighted by Gasteiger charge is -2.09. The highest BCUT2D eigenvalue weighted by molar-refractivity contribution is 6.42. The van der Waals surface area contributed by atoms with Crippen molar-refractivity contribution in [2.75, 3.05) is 0 Å². The SMILES string of the molecule is Clc1cc(Cl)c(-c2ccnn2-c2ccccc2)nc1Cl. The Hall–Kier alpha value is -1.55. The van der Waals surface area contributed by atoms with E-state index in [9.17, 15) is 0 Å². The third-order valence-corrected chi connectivity index (χ3v) is 3.73. The molecule has 100 valence electrons. The van der Waals surface area contributed by atoms with Crippen molar-refractivity contribution in [3.8, 4) is 17.1 Å². The summed E-state index contributed by atoms with van der Waals surface area (Å²) in [5, 5.41) is 5.27. The summed E-state index contributed by atoms with van der Waals surface area (Å²) in [6, 6.07) is 13.1. The normalized spacial score (nSPS) is 10.8. The van der Waals surface area contributed by atoms with Gasteiger partial charge in [-0.2, -0.15) is 5.10 Å². The van der Waals surface area contributed by atoms with Crippen LogP contribution in [0.2, 0.25) is 15.2 Å². The fraction of sp³-hybridized carbons (Fsp3) is 0. The van der Waals surface area contributed by atoms with Gasteiger partial charge in [0.15, 0.2) is 0 Å². The van der Waals surface area contributed by atoms with Gasteiger partial charge in [-0.05, 0) is 24.3 Å². The third kappa shape index (κ3) is 2.40. The molecule has 0 bridgehead atoms. The zero-order chi connectivity index (χ0) is 14.1. The van der Waals surface area contributed by atoms with Crippen LogP contribution in [0, 0.1) is 0 Å². The minimum atomic E-state index is 0.215. The summed E-state index contributed by atoms with van der Waals surface area (Å²) in [6.07, 6.45) is 1.68.